The Morgan fingerprint density at radius 2 is 1.23 bits per heavy atom. The van der Waals surface area contributed by atoms with E-state index in [-0.39, 0.29) is 11.5 Å². The van der Waals surface area contributed by atoms with Gasteiger partial charge >= 0.3 is 0 Å². The fourth-order valence-electron chi connectivity index (χ4n) is 14.9. The summed E-state index contributed by atoms with van der Waals surface area (Å²) >= 11 is 3.35. The van der Waals surface area contributed by atoms with Crippen LogP contribution in [0, 0.1) is 46.3 Å². The van der Waals surface area contributed by atoms with Crippen molar-refractivity contribution in [1.82, 2.24) is 0 Å². The van der Waals surface area contributed by atoms with Crippen LogP contribution in [-0.4, -0.2) is 38.8 Å². The molecule has 2 aromatic carbocycles. The number of fused-ring (bicyclic) bond motifs is 2. The second-order valence-electron chi connectivity index (χ2n) is 21.7. The van der Waals surface area contributed by atoms with Crippen LogP contribution in [-0.2, 0) is 20.8 Å². The number of allylic oxidation sites excluding steroid dienone is 3. The highest BCUT2D eigenvalue weighted by Crippen LogP contribution is 2.61. The van der Waals surface area contributed by atoms with E-state index in [4.69, 9.17) is 9.47 Å². The van der Waals surface area contributed by atoms with Crippen LogP contribution < -0.4 is 14.6 Å². The zero-order valence-electron chi connectivity index (χ0n) is 37.0. The molecule has 10 aliphatic rings. The first-order valence-corrected chi connectivity index (χ1v) is 26.5. The number of benzene rings is 2. The molecule has 3 aromatic rings. The summed E-state index contributed by atoms with van der Waals surface area (Å²) in [7, 11) is 0. The number of rotatable bonds is 20. The number of aromatic nitrogens is 1. The molecule has 8 fully saturated rings. The zero-order chi connectivity index (χ0) is 41.7. The van der Waals surface area contributed by atoms with Crippen molar-refractivity contribution in [3.8, 4) is 0 Å². The Kier molecular flexibility index (Phi) is 12.0. The molecular weight excluding hydrogens is 805 g/mol. The van der Waals surface area contributed by atoms with E-state index in [1.807, 2.05) is 12.2 Å². The number of ether oxygens (including phenoxy) is 2. The number of carbonyl (C=O) groups excluding carboxylic acids is 1. The average Bonchev–Trinajstić information content (AvgIpc) is 3.79. The van der Waals surface area contributed by atoms with Crippen molar-refractivity contribution in [3.63, 3.8) is 0 Å². The highest BCUT2D eigenvalue weighted by atomic mass is 32.2. The molecule has 0 spiro atoms. The van der Waals surface area contributed by atoms with Crippen molar-refractivity contribution in [1.29, 1.82) is 0 Å². The van der Waals surface area contributed by atoms with Gasteiger partial charge in [0.1, 0.15) is 4.70 Å². The van der Waals surface area contributed by atoms with Gasteiger partial charge in [-0.15, -0.1) is 0 Å². The third-order valence-corrected chi connectivity index (χ3v) is 19.0. The van der Waals surface area contributed by atoms with Gasteiger partial charge in [-0.25, -0.2) is 0 Å². The van der Waals surface area contributed by atoms with E-state index in [0.717, 1.165) is 124 Å². The van der Waals surface area contributed by atoms with Crippen LogP contribution in [0.5, 0.6) is 0 Å². The molecule has 330 valence electrons. The third kappa shape index (κ3) is 8.53. The number of Topliss-reactive ketones (excluding diaryl/α,β-unsaturated/α-hetero) is 1. The summed E-state index contributed by atoms with van der Waals surface area (Å²) in [5.74, 6) is 5.63. The van der Waals surface area contributed by atoms with Crippen LogP contribution in [0.3, 0.4) is 0 Å². The van der Waals surface area contributed by atoms with Gasteiger partial charge in [0.15, 0.2) is 12.3 Å². The summed E-state index contributed by atoms with van der Waals surface area (Å²) in [6.45, 7) is 5.48. The van der Waals surface area contributed by atoms with E-state index in [1.54, 1.807) is 23.1 Å². The number of carbonyl (C=O) groups is 1. The first-order valence-electron chi connectivity index (χ1n) is 24.9. The second-order valence-corrected chi connectivity index (χ2v) is 23.8. The Labute approximate surface area is 378 Å². The molecule has 62 heavy (non-hydrogen) atoms. The maximum Gasteiger partial charge on any atom is 0.263 e. The normalized spacial score (nSPS) is 32.9. The van der Waals surface area contributed by atoms with Gasteiger partial charge in [-0.3, -0.25) is 4.79 Å². The largest absolute Gasteiger partial charge is 0.871 e. The summed E-state index contributed by atoms with van der Waals surface area (Å²) in [5.41, 5.74) is 3.97. The predicted molar refractivity (Wildman–Crippen MR) is 250 cm³/mol. The number of hydrogen-bond donors (Lipinski definition) is 0. The monoisotopic (exact) mass is 872 g/mol. The van der Waals surface area contributed by atoms with Crippen LogP contribution in [0.4, 0.5) is 5.69 Å². The Morgan fingerprint density at radius 3 is 1.84 bits per heavy atom. The molecule has 0 saturated heterocycles. The zero-order valence-corrected chi connectivity index (χ0v) is 38.6. The van der Waals surface area contributed by atoms with Gasteiger partial charge in [0.2, 0.25) is 5.52 Å². The molecule has 13 rings (SSSR count). The van der Waals surface area contributed by atoms with Crippen LogP contribution in [0.1, 0.15) is 133 Å². The van der Waals surface area contributed by atoms with Crippen LogP contribution in [0.15, 0.2) is 81.4 Å². The Balaban J connectivity index is 0.670. The number of anilines is 1. The Morgan fingerprint density at radius 1 is 0.677 bits per heavy atom. The van der Waals surface area contributed by atoms with Gasteiger partial charge in [0.05, 0.1) is 23.9 Å². The number of aryl methyl sites for hydroxylation is 1. The number of hydrogen-bond acceptors (Lipinski definition) is 7. The van der Waals surface area contributed by atoms with Gasteiger partial charge < -0.3 is 19.5 Å². The van der Waals surface area contributed by atoms with Crippen molar-refractivity contribution in [2.24, 2.45) is 46.3 Å². The molecule has 8 saturated carbocycles. The molecule has 0 N–H and O–H groups in total. The lowest BCUT2D eigenvalue weighted by molar-refractivity contribution is -0.669. The van der Waals surface area contributed by atoms with Gasteiger partial charge in [0.25, 0.3) is 5.01 Å². The van der Waals surface area contributed by atoms with Crippen LogP contribution in [0.2, 0.25) is 0 Å². The average molecular weight is 873 g/mol. The van der Waals surface area contributed by atoms with Crippen molar-refractivity contribution < 1.29 is 23.9 Å². The molecule has 1 aromatic heterocycles. The predicted octanol–water partition coefficient (Wildman–Crippen LogP) is 11.8. The van der Waals surface area contributed by atoms with Gasteiger partial charge in [-0.05, 0) is 173 Å². The lowest BCUT2D eigenvalue weighted by Crippen LogP contribution is -2.48. The summed E-state index contributed by atoms with van der Waals surface area (Å²) < 4.78 is 16.3. The molecule has 8 heteroatoms. The molecule has 6 nitrogen and oxygen atoms in total. The van der Waals surface area contributed by atoms with Crippen molar-refractivity contribution in [2.75, 3.05) is 37.9 Å². The summed E-state index contributed by atoms with van der Waals surface area (Å²) in [6, 6.07) is 16.9. The quantitative estimate of drug-likeness (QED) is 0.0640. The number of ketones is 1. The number of thioether (sulfide) groups is 1. The first-order chi connectivity index (χ1) is 30.4. The summed E-state index contributed by atoms with van der Waals surface area (Å²) in [4.78, 5) is 17.3. The fraction of sp³-hybridized carbons (Fsp3) is 0.630. The molecule has 8 bridgehead atoms. The van der Waals surface area contributed by atoms with Crippen LogP contribution in [0.25, 0.3) is 16.3 Å². The van der Waals surface area contributed by atoms with Gasteiger partial charge in [-0.1, -0.05) is 72.4 Å². The standard InChI is InChI=1S/C54H68N2O4S2/c57-51-43(27-49-55(45-13-5-7-15-47(45)61-49)17-9-1-3-11-19-59-35-53-29-37-21-38(30-53)23-39(22-37)31-53)52(58)44(51)28-50-56(46-14-6-8-16-48(46)62-50)18-10-2-4-12-20-60-36-54-32-40-24-41(33-54)26-42(25-40)34-54/h5-8,13-16,27-28,37-42H,1-4,9-12,17-26,29-36H2. The third-order valence-electron chi connectivity index (χ3n) is 16.8. The fourth-order valence-corrected chi connectivity index (χ4v) is 17.2. The molecular formula is C54H68N2O4S2. The van der Waals surface area contributed by atoms with Gasteiger partial charge in [0, 0.05) is 54.4 Å². The number of para-hydroxylation sites is 2. The summed E-state index contributed by atoms with van der Waals surface area (Å²) in [5, 5.41) is 15.7. The minimum atomic E-state index is -0.134. The van der Waals surface area contributed by atoms with E-state index in [9.17, 15) is 9.90 Å². The highest BCUT2D eigenvalue weighted by Gasteiger charge is 2.52. The maximum atomic E-state index is 13.8. The minimum absolute atomic E-state index is 0.134. The summed E-state index contributed by atoms with van der Waals surface area (Å²) in [6.07, 6.45) is 30.2. The highest BCUT2D eigenvalue weighted by molar-refractivity contribution is 8.03. The van der Waals surface area contributed by atoms with E-state index >= 15 is 0 Å². The topological polar surface area (TPSA) is 65.7 Å². The van der Waals surface area contributed by atoms with Crippen molar-refractivity contribution in [2.45, 2.75) is 140 Å². The molecule has 0 radical (unpaired) electrons. The number of nitrogens with zero attached hydrogens (tertiary/aromatic N) is 2. The van der Waals surface area contributed by atoms with Crippen molar-refractivity contribution in [3.05, 3.63) is 81.5 Å². The molecule has 9 aliphatic carbocycles. The van der Waals surface area contributed by atoms with E-state index in [2.05, 4.69) is 58.0 Å². The Bertz CT molecular complexity index is 2160. The molecule has 0 atom stereocenters. The minimum Gasteiger partial charge on any atom is -0.871 e. The number of unbranched alkanes of at least 4 members (excludes halogenated alkanes) is 6. The lowest BCUT2D eigenvalue weighted by Gasteiger charge is -2.56. The molecule has 0 unspecified atom stereocenters. The van der Waals surface area contributed by atoms with E-state index < -0.39 is 0 Å². The van der Waals surface area contributed by atoms with E-state index in [1.165, 1.54) is 111 Å². The molecule has 2 heterocycles. The first kappa shape index (κ1) is 41.8. The Hall–Kier alpha value is -2.91. The van der Waals surface area contributed by atoms with Crippen LogP contribution >= 0.6 is 23.1 Å². The number of thiazole rings is 1. The van der Waals surface area contributed by atoms with Gasteiger partial charge in [-0.2, -0.15) is 4.57 Å². The van der Waals surface area contributed by atoms with E-state index in [0.29, 0.717) is 22.0 Å². The maximum absolute atomic E-state index is 13.8. The SMILES string of the molecule is O=C1C(/C=C2/Sc3ccccc3N2CCCCCCOCC23CC4CC(CC(C4)C2)C3)=C([O-])C/1=C\c1sc2ccccc2[n+]1CCCCCCOCC12CC3CC(CC(C3)C1)C2. The molecule has 1 aliphatic heterocycles. The lowest BCUT2D eigenvalue weighted by atomic mass is 9.50. The second kappa shape index (κ2) is 17.8. The smallest absolute Gasteiger partial charge is 0.263 e. The van der Waals surface area contributed by atoms with Crippen molar-refractivity contribution >= 4 is 50.9 Å². The molecule has 0 amide bonds.